The van der Waals surface area contributed by atoms with Crippen molar-refractivity contribution in [2.24, 2.45) is 0 Å². The molecule has 1 rings (SSSR count). The summed E-state index contributed by atoms with van der Waals surface area (Å²) in [6.45, 7) is -0.932. The van der Waals surface area contributed by atoms with E-state index in [-0.39, 0.29) is 12.3 Å². The molecule has 0 aliphatic heterocycles. The molecule has 25 heavy (non-hydrogen) atoms. The minimum Gasteiger partial charge on any atom is -0.351 e. The molecule has 9 nitrogen and oxygen atoms in total. The van der Waals surface area contributed by atoms with Gasteiger partial charge >= 0.3 is 0 Å². The van der Waals surface area contributed by atoms with Crippen molar-refractivity contribution >= 4 is 29.9 Å². The Labute approximate surface area is 144 Å². The number of hydrogen-bond acceptors (Lipinski definition) is 5. The van der Waals surface area contributed by atoms with Gasteiger partial charge in [-0.2, -0.15) is 0 Å². The van der Waals surface area contributed by atoms with Crippen LogP contribution in [0.2, 0.25) is 0 Å². The zero-order chi connectivity index (χ0) is 18.8. The summed E-state index contributed by atoms with van der Waals surface area (Å²) in [6, 6.07) is 7.73. The molecule has 0 heterocycles. The van der Waals surface area contributed by atoms with E-state index < -0.39 is 36.7 Å². The van der Waals surface area contributed by atoms with E-state index in [2.05, 4.69) is 16.0 Å². The monoisotopic (exact) mass is 348 g/mol. The number of ketones is 1. The molecule has 4 amide bonds. The van der Waals surface area contributed by atoms with Crippen LogP contribution >= 0.6 is 0 Å². The number of nitrogens with one attached hydrogen (secondary N) is 3. The summed E-state index contributed by atoms with van der Waals surface area (Å²) in [5.41, 5.74) is 0.590. The normalized spacial score (nSPS) is 11.0. The summed E-state index contributed by atoms with van der Waals surface area (Å²) in [4.78, 5) is 58.5. The largest absolute Gasteiger partial charge is 0.351 e. The second kappa shape index (κ2) is 9.81. The molecule has 1 aromatic carbocycles. The van der Waals surface area contributed by atoms with Crippen molar-refractivity contribution in [3.05, 3.63) is 35.9 Å². The highest BCUT2D eigenvalue weighted by Gasteiger charge is 2.24. The number of hydrogen-bond donors (Lipinski definition) is 3. The van der Waals surface area contributed by atoms with E-state index in [1.807, 2.05) is 0 Å². The smallest absolute Gasteiger partial charge is 0.289 e. The molecule has 9 heteroatoms. The van der Waals surface area contributed by atoms with Crippen LogP contribution in [-0.4, -0.2) is 62.0 Å². The number of rotatable bonds is 9. The molecule has 1 aromatic rings. The van der Waals surface area contributed by atoms with Gasteiger partial charge in [0, 0.05) is 14.1 Å². The highest BCUT2D eigenvalue weighted by atomic mass is 16.2. The van der Waals surface area contributed by atoms with Crippen molar-refractivity contribution < 1.29 is 24.0 Å². The van der Waals surface area contributed by atoms with Crippen LogP contribution in [0.4, 0.5) is 0 Å². The Morgan fingerprint density at radius 1 is 1.08 bits per heavy atom. The molecule has 0 fully saturated rings. The Bertz CT molecular complexity index is 645. The molecule has 0 unspecified atom stereocenters. The number of nitrogens with zero attached hydrogens (tertiary/aromatic N) is 1. The summed E-state index contributed by atoms with van der Waals surface area (Å²) in [6.07, 6.45) is 0.287. The number of likely N-dealkylation sites (N-methyl/N-ethyl adjacent to an activating group) is 1. The Morgan fingerprint density at radius 2 is 1.72 bits per heavy atom. The molecular formula is C16H20N4O5. The van der Waals surface area contributed by atoms with Crippen molar-refractivity contribution in [1.29, 1.82) is 0 Å². The van der Waals surface area contributed by atoms with Crippen LogP contribution < -0.4 is 16.0 Å². The van der Waals surface area contributed by atoms with E-state index in [1.54, 1.807) is 44.4 Å². The Hall–Kier alpha value is -3.23. The molecule has 0 spiro atoms. The van der Waals surface area contributed by atoms with Crippen LogP contribution in [0, 0.1) is 0 Å². The maximum absolute atomic E-state index is 12.3. The van der Waals surface area contributed by atoms with Crippen LogP contribution in [-0.2, 0) is 24.0 Å². The van der Waals surface area contributed by atoms with Gasteiger partial charge in [-0.25, -0.2) is 0 Å². The molecule has 1 atom stereocenters. The molecule has 0 aliphatic rings. The fourth-order valence-corrected chi connectivity index (χ4v) is 1.88. The van der Waals surface area contributed by atoms with Crippen LogP contribution in [0.5, 0.6) is 0 Å². The maximum atomic E-state index is 12.3. The van der Waals surface area contributed by atoms with E-state index in [9.17, 15) is 24.0 Å². The summed E-state index contributed by atoms with van der Waals surface area (Å²) < 4.78 is 0. The highest BCUT2D eigenvalue weighted by molar-refractivity contribution is 6.37. The minimum atomic E-state index is -1.00. The first-order valence-corrected chi connectivity index (χ1v) is 7.40. The van der Waals surface area contributed by atoms with Gasteiger partial charge in [-0.3, -0.25) is 24.0 Å². The van der Waals surface area contributed by atoms with Crippen molar-refractivity contribution in [3.63, 3.8) is 0 Å². The van der Waals surface area contributed by atoms with E-state index >= 15 is 0 Å². The number of carbonyl (C=O) groups excluding carboxylic acids is 5. The quantitative estimate of drug-likeness (QED) is 0.365. The van der Waals surface area contributed by atoms with Gasteiger partial charge in [-0.05, 0) is 5.56 Å². The van der Waals surface area contributed by atoms with Gasteiger partial charge in [0.1, 0.15) is 6.04 Å². The SMILES string of the molecule is CN(C)C(=O)[C@@H](NC(=O)CNC(=O)C(=O)CNC=O)c1ccccc1. The molecule has 0 bridgehead atoms. The van der Waals surface area contributed by atoms with Gasteiger partial charge in [0.2, 0.25) is 24.0 Å². The third kappa shape index (κ3) is 6.42. The van der Waals surface area contributed by atoms with Gasteiger partial charge in [0.25, 0.3) is 5.91 Å². The first-order valence-electron chi connectivity index (χ1n) is 7.40. The van der Waals surface area contributed by atoms with Crippen LogP contribution in [0.1, 0.15) is 11.6 Å². The lowest BCUT2D eigenvalue weighted by Crippen LogP contribution is -2.46. The second-order valence-electron chi connectivity index (χ2n) is 5.25. The third-order valence-corrected chi connectivity index (χ3v) is 3.13. The lowest BCUT2D eigenvalue weighted by molar-refractivity contribution is -0.138. The molecule has 0 aliphatic carbocycles. The van der Waals surface area contributed by atoms with Gasteiger partial charge in [0.15, 0.2) is 0 Å². The Morgan fingerprint density at radius 3 is 2.28 bits per heavy atom. The maximum Gasteiger partial charge on any atom is 0.289 e. The summed E-state index contributed by atoms with van der Waals surface area (Å²) >= 11 is 0. The predicted octanol–water partition coefficient (Wildman–Crippen LogP) is -1.64. The Kier molecular flexibility index (Phi) is 7.77. The first-order chi connectivity index (χ1) is 11.9. The first kappa shape index (κ1) is 19.8. The van der Waals surface area contributed by atoms with Crippen molar-refractivity contribution in [3.8, 4) is 0 Å². The number of benzene rings is 1. The number of amides is 4. The van der Waals surface area contributed by atoms with E-state index in [0.717, 1.165) is 0 Å². The summed E-state index contributed by atoms with van der Waals surface area (Å²) in [7, 11) is 3.12. The number of carbonyl (C=O) groups is 5. The molecular weight excluding hydrogens is 328 g/mol. The van der Waals surface area contributed by atoms with E-state index in [1.165, 1.54) is 4.90 Å². The van der Waals surface area contributed by atoms with Crippen LogP contribution in [0.3, 0.4) is 0 Å². The molecule has 0 aromatic heterocycles. The fourth-order valence-electron chi connectivity index (χ4n) is 1.88. The summed E-state index contributed by atoms with van der Waals surface area (Å²) in [5.74, 6) is -2.85. The second-order valence-corrected chi connectivity index (χ2v) is 5.25. The minimum absolute atomic E-state index is 0.287. The van der Waals surface area contributed by atoms with Gasteiger partial charge in [-0.15, -0.1) is 0 Å². The van der Waals surface area contributed by atoms with E-state index in [4.69, 9.17) is 0 Å². The van der Waals surface area contributed by atoms with Crippen molar-refractivity contribution in [2.45, 2.75) is 6.04 Å². The van der Waals surface area contributed by atoms with Gasteiger partial charge in [0.05, 0.1) is 13.1 Å². The molecule has 0 saturated heterocycles. The van der Waals surface area contributed by atoms with Crippen LogP contribution in [0.25, 0.3) is 0 Å². The van der Waals surface area contributed by atoms with Crippen molar-refractivity contribution in [1.82, 2.24) is 20.9 Å². The lowest BCUT2D eigenvalue weighted by atomic mass is 10.1. The predicted molar refractivity (Wildman–Crippen MR) is 88.1 cm³/mol. The molecule has 134 valence electrons. The van der Waals surface area contributed by atoms with Crippen molar-refractivity contribution in [2.75, 3.05) is 27.2 Å². The molecule has 0 radical (unpaired) electrons. The third-order valence-electron chi connectivity index (χ3n) is 3.13. The molecule has 3 N–H and O–H groups in total. The average molecular weight is 348 g/mol. The number of Topliss-reactive ketones (excluding diaryl/α,β-unsaturated/α-hetero) is 1. The average Bonchev–Trinajstić information content (AvgIpc) is 2.62. The van der Waals surface area contributed by atoms with Gasteiger partial charge in [-0.1, -0.05) is 30.3 Å². The highest BCUT2D eigenvalue weighted by Crippen LogP contribution is 2.14. The topological polar surface area (TPSA) is 125 Å². The van der Waals surface area contributed by atoms with Crippen LogP contribution in [0.15, 0.2) is 30.3 Å². The lowest BCUT2D eigenvalue weighted by Gasteiger charge is -2.22. The zero-order valence-corrected chi connectivity index (χ0v) is 13.9. The molecule has 0 saturated carbocycles. The standard InChI is InChI=1S/C16H20N4O5/c1-20(2)16(25)14(11-6-4-3-5-7-11)19-13(23)9-18-15(24)12(22)8-17-10-21/h3-7,10,14H,8-9H2,1-2H3,(H,17,21)(H,18,24)(H,19,23)/t14-/m0/s1. The fraction of sp³-hybridized carbons (Fsp3) is 0.312. The van der Waals surface area contributed by atoms with E-state index in [0.29, 0.717) is 5.56 Å². The van der Waals surface area contributed by atoms with Gasteiger partial charge < -0.3 is 20.9 Å². The zero-order valence-electron chi connectivity index (χ0n) is 13.9. The Balaban J connectivity index is 2.67. The summed E-state index contributed by atoms with van der Waals surface area (Å²) in [5, 5.41) is 6.71.